The zero-order valence-electron chi connectivity index (χ0n) is 14.7. The van der Waals surface area contributed by atoms with E-state index < -0.39 is 10.7 Å². The van der Waals surface area contributed by atoms with Crippen LogP contribution in [0.25, 0.3) is 0 Å². The molecule has 1 aromatic carbocycles. The van der Waals surface area contributed by atoms with Gasteiger partial charge in [-0.1, -0.05) is 44.7 Å². The summed E-state index contributed by atoms with van der Waals surface area (Å²) in [7, 11) is 0. The molecule has 0 unspecified atom stereocenters. The minimum absolute atomic E-state index is 0.780. The first-order valence-corrected chi connectivity index (χ1v) is 9.49. The maximum atomic E-state index is 11.2. The highest BCUT2D eigenvalue weighted by molar-refractivity contribution is 8.01. The Morgan fingerprint density at radius 3 is 2.61 bits per heavy atom. The van der Waals surface area contributed by atoms with Crippen LogP contribution < -0.4 is 5.32 Å². The molecule has 0 atom stereocenters. The lowest BCUT2D eigenvalue weighted by Crippen LogP contribution is -2.26. The molecule has 0 aliphatic carbocycles. The fourth-order valence-corrected chi connectivity index (χ4v) is 3.35. The van der Waals surface area contributed by atoms with E-state index in [1.807, 2.05) is 12.1 Å². The highest BCUT2D eigenvalue weighted by atomic mass is 32.2. The average molecular weight is 338 g/mol. The van der Waals surface area contributed by atoms with Crippen molar-refractivity contribution in [1.82, 2.24) is 5.32 Å². The minimum Gasteiger partial charge on any atom is -0.480 e. The van der Waals surface area contributed by atoms with Gasteiger partial charge in [0.25, 0.3) is 0 Å². The van der Waals surface area contributed by atoms with Gasteiger partial charge in [0, 0.05) is 4.90 Å². The van der Waals surface area contributed by atoms with Crippen LogP contribution in [-0.4, -0.2) is 28.9 Å². The first kappa shape index (κ1) is 20.0. The molecule has 0 amide bonds. The van der Waals surface area contributed by atoms with Gasteiger partial charge in [0.2, 0.25) is 0 Å². The Morgan fingerprint density at radius 2 is 1.91 bits per heavy atom. The molecule has 1 rings (SSSR count). The van der Waals surface area contributed by atoms with Crippen molar-refractivity contribution >= 4 is 17.7 Å². The van der Waals surface area contributed by atoms with Crippen LogP contribution in [0.1, 0.15) is 58.4 Å². The molecule has 2 N–H and O–H groups in total. The molecule has 0 aliphatic heterocycles. The second-order valence-electron chi connectivity index (χ2n) is 6.48. The van der Waals surface area contributed by atoms with Gasteiger partial charge in [0.15, 0.2) is 0 Å². The number of unbranched alkanes of at least 4 members (excludes halogenated alkanes) is 4. The second kappa shape index (κ2) is 10.7. The van der Waals surface area contributed by atoms with Crippen LogP contribution in [0.5, 0.6) is 0 Å². The van der Waals surface area contributed by atoms with Gasteiger partial charge in [-0.15, -0.1) is 11.8 Å². The second-order valence-corrected chi connectivity index (χ2v) is 8.18. The van der Waals surface area contributed by atoms with Gasteiger partial charge >= 0.3 is 5.97 Å². The monoisotopic (exact) mass is 337 g/mol. The van der Waals surface area contributed by atoms with E-state index >= 15 is 0 Å². The van der Waals surface area contributed by atoms with Crippen molar-refractivity contribution in [3.8, 4) is 0 Å². The van der Waals surface area contributed by atoms with Crippen molar-refractivity contribution in [2.24, 2.45) is 0 Å². The summed E-state index contributed by atoms with van der Waals surface area (Å²) >= 11 is 1.40. The quantitative estimate of drug-likeness (QED) is 0.427. The van der Waals surface area contributed by atoms with E-state index in [1.165, 1.54) is 49.4 Å². The highest BCUT2D eigenvalue weighted by Crippen LogP contribution is 2.32. The van der Waals surface area contributed by atoms with Gasteiger partial charge < -0.3 is 10.4 Å². The Hall–Kier alpha value is -1.00. The summed E-state index contributed by atoms with van der Waals surface area (Å²) in [5.41, 5.74) is 1.26. The summed E-state index contributed by atoms with van der Waals surface area (Å²) in [6.45, 7) is 7.79. The van der Waals surface area contributed by atoms with Crippen molar-refractivity contribution in [3.05, 3.63) is 29.8 Å². The summed E-state index contributed by atoms with van der Waals surface area (Å²) in [4.78, 5) is 12.2. The number of hydrogen-bond acceptors (Lipinski definition) is 3. The zero-order valence-corrected chi connectivity index (χ0v) is 15.5. The van der Waals surface area contributed by atoms with Gasteiger partial charge in [-0.2, -0.15) is 0 Å². The summed E-state index contributed by atoms with van der Waals surface area (Å²) in [5.74, 6) is -0.780. The van der Waals surface area contributed by atoms with E-state index in [0.29, 0.717) is 0 Å². The largest absolute Gasteiger partial charge is 0.480 e. The summed E-state index contributed by atoms with van der Waals surface area (Å²) in [6, 6.07) is 8.22. The molecule has 0 aliphatic rings. The lowest BCUT2D eigenvalue weighted by atomic mass is 10.1. The summed E-state index contributed by atoms with van der Waals surface area (Å²) in [6.07, 6.45) is 7.53. The molecular formula is C19H31NO2S. The third kappa shape index (κ3) is 8.42. The standard InChI is InChI=1S/C19H31NO2S/c1-4-5-6-7-8-13-20-14-12-16-10-9-11-17(15-16)23-19(2,3)18(21)22/h9-11,15,20H,4-8,12-14H2,1-3H3,(H,21,22). The number of thioether (sulfide) groups is 1. The average Bonchev–Trinajstić information content (AvgIpc) is 2.50. The molecule has 130 valence electrons. The topological polar surface area (TPSA) is 49.3 Å². The van der Waals surface area contributed by atoms with Gasteiger partial charge in [-0.3, -0.25) is 4.79 Å². The van der Waals surface area contributed by atoms with Crippen LogP contribution >= 0.6 is 11.8 Å². The molecule has 23 heavy (non-hydrogen) atoms. The van der Waals surface area contributed by atoms with Crippen molar-refractivity contribution in [1.29, 1.82) is 0 Å². The van der Waals surface area contributed by atoms with Gasteiger partial charge in [0.05, 0.1) is 0 Å². The molecule has 0 aromatic heterocycles. The summed E-state index contributed by atoms with van der Waals surface area (Å²) < 4.78 is -0.796. The zero-order chi connectivity index (χ0) is 17.1. The lowest BCUT2D eigenvalue weighted by Gasteiger charge is -2.18. The molecule has 0 fully saturated rings. The summed E-state index contributed by atoms with van der Waals surface area (Å²) in [5, 5.41) is 12.7. The molecule has 0 radical (unpaired) electrons. The number of carboxylic acid groups (broad SMARTS) is 1. The predicted molar refractivity (Wildman–Crippen MR) is 99.3 cm³/mol. The normalized spacial score (nSPS) is 11.6. The number of hydrogen-bond donors (Lipinski definition) is 2. The molecule has 1 aromatic rings. The predicted octanol–water partition coefficient (Wildman–Crippen LogP) is 4.74. The number of aliphatic carboxylic acids is 1. The third-order valence-electron chi connectivity index (χ3n) is 3.83. The van der Waals surface area contributed by atoms with E-state index in [2.05, 4.69) is 24.4 Å². The van der Waals surface area contributed by atoms with Crippen LogP contribution in [0.4, 0.5) is 0 Å². The van der Waals surface area contributed by atoms with Crippen LogP contribution in [0.3, 0.4) is 0 Å². The maximum Gasteiger partial charge on any atom is 0.319 e. The van der Waals surface area contributed by atoms with Gasteiger partial charge in [0.1, 0.15) is 4.75 Å². The van der Waals surface area contributed by atoms with Gasteiger partial charge in [-0.05, 0) is 57.5 Å². The van der Waals surface area contributed by atoms with E-state index in [0.717, 1.165) is 24.4 Å². The SMILES string of the molecule is CCCCCCCNCCc1cccc(SC(C)(C)C(=O)O)c1. The smallest absolute Gasteiger partial charge is 0.319 e. The lowest BCUT2D eigenvalue weighted by molar-refractivity contribution is -0.138. The third-order valence-corrected chi connectivity index (χ3v) is 5.01. The number of carbonyl (C=O) groups is 1. The number of rotatable bonds is 12. The Balaban J connectivity index is 2.30. The number of carboxylic acids is 1. The van der Waals surface area contributed by atoms with E-state index in [9.17, 15) is 9.90 Å². The molecule has 0 saturated heterocycles. The highest BCUT2D eigenvalue weighted by Gasteiger charge is 2.28. The minimum atomic E-state index is -0.796. The molecule has 3 nitrogen and oxygen atoms in total. The molecule has 0 spiro atoms. The Labute approximate surface area is 145 Å². The van der Waals surface area contributed by atoms with Crippen LogP contribution in [0.15, 0.2) is 29.2 Å². The van der Waals surface area contributed by atoms with Crippen molar-refractivity contribution in [2.45, 2.75) is 68.9 Å². The number of benzene rings is 1. The Bertz CT molecular complexity index is 474. The maximum absolute atomic E-state index is 11.2. The van der Waals surface area contributed by atoms with Crippen molar-refractivity contribution < 1.29 is 9.90 Å². The first-order valence-electron chi connectivity index (χ1n) is 8.68. The van der Waals surface area contributed by atoms with Crippen LogP contribution in [0.2, 0.25) is 0 Å². The number of nitrogens with one attached hydrogen (secondary N) is 1. The van der Waals surface area contributed by atoms with Crippen LogP contribution in [-0.2, 0) is 11.2 Å². The van der Waals surface area contributed by atoms with Crippen molar-refractivity contribution in [2.75, 3.05) is 13.1 Å². The first-order chi connectivity index (χ1) is 11.0. The van der Waals surface area contributed by atoms with E-state index in [-0.39, 0.29) is 0 Å². The molecule has 4 heteroatoms. The van der Waals surface area contributed by atoms with E-state index in [4.69, 9.17) is 0 Å². The Morgan fingerprint density at radius 1 is 1.17 bits per heavy atom. The fourth-order valence-electron chi connectivity index (χ4n) is 2.31. The Kier molecular flexibility index (Phi) is 9.34. The van der Waals surface area contributed by atoms with Crippen molar-refractivity contribution in [3.63, 3.8) is 0 Å². The van der Waals surface area contributed by atoms with E-state index in [1.54, 1.807) is 13.8 Å². The molecular weight excluding hydrogens is 306 g/mol. The van der Waals surface area contributed by atoms with Gasteiger partial charge in [-0.25, -0.2) is 0 Å². The molecule has 0 heterocycles. The van der Waals surface area contributed by atoms with Crippen LogP contribution in [0, 0.1) is 0 Å². The molecule has 0 saturated carbocycles. The molecule has 0 bridgehead atoms. The fraction of sp³-hybridized carbons (Fsp3) is 0.632.